The van der Waals surface area contributed by atoms with Crippen molar-refractivity contribution in [1.82, 2.24) is 9.55 Å². The van der Waals surface area contributed by atoms with Gasteiger partial charge in [0.1, 0.15) is 11.4 Å². The minimum Gasteiger partial charge on any atom is -0.368 e. The fraction of sp³-hybridized carbons (Fsp3) is 0.333. The van der Waals surface area contributed by atoms with Gasteiger partial charge in [-0.15, -0.1) is 11.6 Å². The van der Waals surface area contributed by atoms with Gasteiger partial charge in [-0.1, -0.05) is 15.9 Å². The first-order chi connectivity index (χ1) is 8.37. The third-order valence-electron chi connectivity index (χ3n) is 2.97. The number of aromatic nitrogens is 2. The Morgan fingerprint density at radius 1 is 1.56 bits per heavy atom. The molecule has 0 unspecified atom stereocenters. The van der Waals surface area contributed by atoms with Gasteiger partial charge in [0, 0.05) is 4.47 Å². The monoisotopic (exact) mass is 329 g/mol. The smallest absolute Gasteiger partial charge is 0.243 e. The first kappa shape index (κ1) is 13.4. The summed E-state index contributed by atoms with van der Waals surface area (Å²) in [5.41, 5.74) is 6.23. The Bertz CT molecular complexity index is 621. The summed E-state index contributed by atoms with van der Waals surface area (Å²) >= 11 is 9.30. The zero-order valence-electron chi connectivity index (χ0n) is 10.1. The molecule has 0 aliphatic rings. The molecule has 2 aromatic rings. The molecule has 0 saturated carbocycles. The van der Waals surface area contributed by atoms with E-state index < -0.39 is 11.4 Å². The Hall–Kier alpha value is -1.07. The lowest BCUT2D eigenvalue weighted by Crippen LogP contribution is -2.41. The van der Waals surface area contributed by atoms with Gasteiger partial charge in [-0.25, -0.2) is 4.98 Å². The second-order valence-corrected chi connectivity index (χ2v) is 5.74. The summed E-state index contributed by atoms with van der Waals surface area (Å²) in [6.45, 7) is 3.52. The van der Waals surface area contributed by atoms with E-state index in [0.717, 1.165) is 15.5 Å². The van der Waals surface area contributed by atoms with Crippen LogP contribution in [0, 0.1) is 0 Å². The van der Waals surface area contributed by atoms with Crippen molar-refractivity contribution in [3.63, 3.8) is 0 Å². The van der Waals surface area contributed by atoms with Crippen LogP contribution in [0.25, 0.3) is 11.0 Å². The van der Waals surface area contributed by atoms with Crippen molar-refractivity contribution < 1.29 is 4.79 Å². The lowest BCUT2D eigenvalue weighted by Gasteiger charge is -2.25. The normalized spacial score (nSPS) is 12.0. The van der Waals surface area contributed by atoms with E-state index in [1.165, 1.54) is 0 Å². The van der Waals surface area contributed by atoms with Crippen molar-refractivity contribution in [3.05, 3.63) is 28.5 Å². The highest BCUT2D eigenvalue weighted by atomic mass is 79.9. The minimum atomic E-state index is -0.868. The molecule has 0 spiro atoms. The molecular formula is C12H13BrClN3O. The van der Waals surface area contributed by atoms with Gasteiger partial charge in [-0.05, 0) is 32.0 Å². The van der Waals surface area contributed by atoms with Gasteiger partial charge in [0.15, 0.2) is 0 Å². The molecule has 1 amide bonds. The zero-order valence-corrected chi connectivity index (χ0v) is 12.4. The lowest BCUT2D eigenvalue weighted by molar-refractivity contribution is -0.125. The SMILES string of the molecule is CC(C)(C(N)=O)n1c(CCl)nc2cc(Br)ccc21. The summed E-state index contributed by atoms with van der Waals surface area (Å²) in [6, 6.07) is 5.68. The van der Waals surface area contributed by atoms with Crippen LogP contribution < -0.4 is 5.73 Å². The first-order valence-electron chi connectivity index (χ1n) is 5.41. The summed E-state index contributed by atoms with van der Waals surface area (Å²) in [6.07, 6.45) is 0. The highest BCUT2D eigenvalue weighted by Crippen LogP contribution is 2.28. The predicted octanol–water partition coefficient (Wildman–Crippen LogP) is 2.76. The highest BCUT2D eigenvalue weighted by molar-refractivity contribution is 9.10. The highest BCUT2D eigenvalue weighted by Gasteiger charge is 2.31. The molecule has 1 aromatic carbocycles. The molecule has 0 bridgehead atoms. The van der Waals surface area contributed by atoms with Crippen LogP contribution in [-0.2, 0) is 16.2 Å². The molecule has 1 aromatic heterocycles. The molecule has 0 atom stereocenters. The molecule has 2 rings (SSSR count). The van der Waals surface area contributed by atoms with E-state index >= 15 is 0 Å². The van der Waals surface area contributed by atoms with E-state index in [0.29, 0.717) is 5.82 Å². The van der Waals surface area contributed by atoms with E-state index in [-0.39, 0.29) is 5.88 Å². The average Bonchev–Trinajstić information content (AvgIpc) is 2.66. The molecule has 2 N–H and O–H groups in total. The number of primary amides is 1. The van der Waals surface area contributed by atoms with Crippen molar-refractivity contribution in [2.45, 2.75) is 25.3 Å². The van der Waals surface area contributed by atoms with Crippen LogP contribution >= 0.6 is 27.5 Å². The van der Waals surface area contributed by atoms with Gasteiger partial charge in [-0.2, -0.15) is 0 Å². The van der Waals surface area contributed by atoms with E-state index in [1.807, 2.05) is 18.2 Å². The maximum absolute atomic E-state index is 11.6. The second kappa shape index (κ2) is 4.55. The Kier molecular flexibility index (Phi) is 3.38. The number of nitrogens with two attached hydrogens (primary N) is 1. The van der Waals surface area contributed by atoms with Crippen molar-refractivity contribution in [1.29, 1.82) is 0 Å². The maximum Gasteiger partial charge on any atom is 0.243 e. The molecule has 0 aliphatic carbocycles. The predicted molar refractivity (Wildman–Crippen MR) is 75.5 cm³/mol. The third kappa shape index (κ3) is 2.01. The van der Waals surface area contributed by atoms with Crippen molar-refractivity contribution in [2.75, 3.05) is 0 Å². The van der Waals surface area contributed by atoms with Crippen LogP contribution in [0.15, 0.2) is 22.7 Å². The van der Waals surface area contributed by atoms with E-state index in [2.05, 4.69) is 20.9 Å². The Balaban J connectivity index is 2.79. The molecule has 0 radical (unpaired) electrons. The zero-order chi connectivity index (χ0) is 13.5. The molecule has 96 valence electrons. The Morgan fingerprint density at radius 2 is 2.22 bits per heavy atom. The fourth-order valence-corrected chi connectivity index (χ4v) is 2.46. The number of benzene rings is 1. The van der Waals surface area contributed by atoms with Crippen LogP contribution in [0.3, 0.4) is 0 Å². The number of nitrogens with zero attached hydrogens (tertiary/aromatic N) is 2. The van der Waals surface area contributed by atoms with E-state index in [1.54, 1.807) is 18.4 Å². The van der Waals surface area contributed by atoms with Crippen LogP contribution in [0.4, 0.5) is 0 Å². The first-order valence-corrected chi connectivity index (χ1v) is 6.74. The summed E-state index contributed by atoms with van der Waals surface area (Å²) in [5.74, 6) is 0.438. The van der Waals surface area contributed by atoms with Crippen LogP contribution in [0.5, 0.6) is 0 Å². The van der Waals surface area contributed by atoms with Gasteiger partial charge in [0.05, 0.1) is 16.9 Å². The quantitative estimate of drug-likeness (QED) is 0.880. The lowest BCUT2D eigenvalue weighted by atomic mass is 10.0. The van der Waals surface area contributed by atoms with Crippen molar-refractivity contribution >= 4 is 44.5 Å². The molecule has 1 heterocycles. The number of hydrogen-bond acceptors (Lipinski definition) is 2. The van der Waals surface area contributed by atoms with Crippen molar-refractivity contribution in [3.8, 4) is 0 Å². The fourth-order valence-electron chi connectivity index (χ4n) is 1.93. The third-order valence-corrected chi connectivity index (χ3v) is 3.70. The van der Waals surface area contributed by atoms with Crippen LogP contribution in [-0.4, -0.2) is 15.5 Å². The summed E-state index contributed by atoms with van der Waals surface area (Å²) < 4.78 is 2.72. The number of halogens is 2. The molecule has 0 saturated heterocycles. The number of imidazole rings is 1. The summed E-state index contributed by atoms with van der Waals surface area (Å²) in [7, 11) is 0. The minimum absolute atomic E-state index is 0.225. The van der Waals surface area contributed by atoms with Gasteiger partial charge < -0.3 is 10.3 Å². The van der Waals surface area contributed by atoms with Crippen molar-refractivity contribution in [2.24, 2.45) is 5.73 Å². The summed E-state index contributed by atoms with van der Waals surface area (Å²) in [5, 5.41) is 0. The number of fused-ring (bicyclic) bond motifs is 1. The number of alkyl halides is 1. The number of amides is 1. The number of carbonyl (C=O) groups is 1. The van der Waals surface area contributed by atoms with E-state index in [9.17, 15) is 4.79 Å². The second-order valence-electron chi connectivity index (χ2n) is 4.55. The van der Waals surface area contributed by atoms with Gasteiger partial charge in [0.25, 0.3) is 0 Å². The number of hydrogen-bond donors (Lipinski definition) is 1. The van der Waals surface area contributed by atoms with E-state index in [4.69, 9.17) is 17.3 Å². The van der Waals surface area contributed by atoms with Gasteiger partial charge in [0.2, 0.25) is 5.91 Å². The number of carbonyl (C=O) groups excluding carboxylic acids is 1. The van der Waals surface area contributed by atoms with Gasteiger partial charge in [-0.3, -0.25) is 4.79 Å². The standard InChI is InChI=1S/C12H13BrClN3O/c1-12(2,11(15)18)17-9-4-3-7(13)5-8(9)16-10(17)6-14/h3-5H,6H2,1-2H3,(H2,15,18). The Labute approximate surface area is 118 Å². The molecular weight excluding hydrogens is 318 g/mol. The largest absolute Gasteiger partial charge is 0.368 e. The van der Waals surface area contributed by atoms with Crippen LogP contribution in [0.1, 0.15) is 19.7 Å². The topological polar surface area (TPSA) is 60.9 Å². The van der Waals surface area contributed by atoms with Gasteiger partial charge >= 0.3 is 0 Å². The number of rotatable bonds is 3. The Morgan fingerprint density at radius 3 is 2.78 bits per heavy atom. The maximum atomic E-state index is 11.6. The summed E-state index contributed by atoms with van der Waals surface area (Å²) in [4.78, 5) is 16.1. The molecule has 18 heavy (non-hydrogen) atoms. The molecule has 0 fully saturated rings. The molecule has 0 aliphatic heterocycles. The average molecular weight is 331 g/mol. The molecule has 4 nitrogen and oxygen atoms in total. The molecule has 6 heteroatoms. The van der Waals surface area contributed by atoms with Crippen LogP contribution in [0.2, 0.25) is 0 Å².